The topological polar surface area (TPSA) is 88.2 Å². The molecule has 0 spiro atoms. The highest BCUT2D eigenvalue weighted by atomic mass is 32.1. The zero-order valence-electron chi connectivity index (χ0n) is 18.9. The summed E-state index contributed by atoms with van der Waals surface area (Å²) in [6.07, 6.45) is 0. The number of aromatic nitrogens is 1. The molecular formula is C25H27N3O3S. The summed E-state index contributed by atoms with van der Waals surface area (Å²) >= 11 is 1.12. The van der Waals surface area contributed by atoms with Crippen molar-refractivity contribution in [2.24, 2.45) is 5.41 Å². The zero-order chi connectivity index (χ0) is 23.5. The van der Waals surface area contributed by atoms with Crippen LogP contribution in [0.1, 0.15) is 49.9 Å². The van der Waals surface area contributed by atoms with E-state index in [0.717, 1.165) is 16.9 Å². The number of hydrogen-bond acceptors (Lipinski definition) is 5. The van der Waals surface area contributed by atoms with Crippen LogP contribution < -0.4 is 10.6 Å². The van der Waals surface area contributed by atoms with E-state index in [1.807, 2.05) is 36.4 Å². The summed E-state index contributed by atoms with van der Waals surface area (Å²) in [6, 6.07) is 18.3. The fraction of sp³-hybridized carbons (Fsp3) is 0.280. The molecule has 0 fully saturated rings. The van der Waals surface area contributed by atoms with E-state index >= 15 is 0 Å². The molecule has 2 amide bonds. The molecule has 0 bridgehead atoms. The average Bonchev–Trinajstić information content (AvgIpc) is 3.17. The standard InChI is InChI=1S/C25H27N3O3S/c1-24(2,3)21(30)28-25(4,5)22(31)27-23-26-18(16-12-8-6-9-13-16)20(32-23)19(29)17-14-10-7-11-15-17/h6-15H,1-5H3,(H,28,30)(H,26,27,31). The predicted molar refractivity (Wildman–Crippen MR) is 128 cm³/mol. The summed E-state index contributed by atoms with van der Waals surface area (Å²) in [7, 11) is 0. The summed E-state index contributed by atoms with van der Waals surface area (Å²) < 4.78 is 0. The third-order valence-electron chi connectivity index (χ3n) is 4.81. The molecule has 0 saturated carbocycles. The molecule has 1 aromatic heterocycles. The molecule has 7 heteroatoms. The van der Waals surface area contributed by atoms with E-state index in [-0.39, 0.29) is 11.7 Å². The number of hydrogen-bond donors (Lipinski definition) is 2. The third kappa shape index (κ3) is 5.29. The zero-order valence-corrected chi connectivity index (χ0v) is 19.7. The lowest BCUT2D eigenvalue weighted by Crippen LogP contribution is -2.55. The first kappa shape index (κ1) is 23.3. The van der Waals surface area contributed by atoms with Gasteiger partial charge in [0.2, 0.25) is 11.7 Å². The molecule has 0 aliphatic carbocycles. The molecule has 0 saturated heterocycles. The maximum absolute atomic E-state index is 13.2. The van der Waals surface area contributed by atoms with Crippen molar-refractivity contribution in [2.75, 3.05) is 5.32 Å². The van der Waals surface area contributed by atoms with E-state index < -0.39 is 16.9 Å². The largest absolute Gasteiger partial charge is 0.342 e. The highest BCUT2D eigenvalue weighted by molar-refractivity contribution is 7.18. The van der Waals surface area contributed by atoms with Crippen LogP contribution in [0.3, 0.4) is 0 Å². The van der Waals surface area contributed by atoms with Crippen molar-refractivity contribution in [3.05, 3.63) is 71.1 Å². The summed E-state index contributed by atoms with van der Waals surface area (Å²) in [5, 5.41) is 5.85. The molecule has 32 heavy (non-hydrogen) atoms. The quantitative estimate of drug-likeness (QED) is 0.523. The van der Waals surface area contributed by atoms with Crippen LogP contribution in [-0.2, 0) is 9.59 Å². The minimum absolute atomic E-state index is 0.164. The monoisotopic (exact) mass is 449 g/mol. The first-order valence-electron chi connectivity index (χ1n) is 10.3. The van der Waals surface area contributed by atoms with Gasteiger partial charge in [0.15, 0.2) is 5.13 Å². The van der Waals surface area contributed by atoms with Crippen LogP contribution in [0.25, 0.3) is 11.3 Å². The Morgan fingerprint density at radius 1 is 0.812 bits per heavy atom. The van der Waals surface area contributed by atoms with Gasteiger partial charge in [0.05, 0.1) is 5.69 Å². The number of nitrogens with zero attached hydrogens (tertiary/aromatic N) is 1. The van der Waals surface area contributed by atoms with E-state index in [2.05, 4.69) is 15.6 Å². The van der Waals surface area contributed by atoms with Crippen molar-refractivity contribution < 1.29 is 14.4 Å². The number of benzene rings is 2. The summed E-state index contributed by atoms with van der Waals surface area (Å²) in [5.74, 6) is -0.813. The first-order valence-corrected chi connectivity index (χ1v) is 11.1. The van der Waals surface area contributed by atoms with Crippen molar-refractivity contribution in [2.45, 2.75) is 40.2 Å². The highest BCUT2D eigenvalue weighted by Gasteiger charge is 2.34. The number of nitrogens with one attached hydrogen (secondary N) is 2. The van der Waals surface area contributed by atoms with Gasteiger partial charge in [-0.3, -0.25) is 19.7 Å². The van der Waals surface area contributed by atoms with Crippen molar-refractivity contribution >= 4 is 34.1 Å². The number of amides is 2. The Morgan fingerprint density at radius 2 is 1.38 bits per heavy atom. The summed E-state index contributed by atoms with van der Waals surface area (Å²) in [5.41, 5.74) is 0.0465. The Bertz CT molecular complexity index is 1130. The molecule has 0 atom stereocenters. The Kier molecular flexibility index (Phi) is 6.60. The van der Waals surface area contributed by atoms with Gasteiger partial charge in [0.25, 0.3) is 5.91 Å². The van der Waals surface area contributed by atoms with Crippen LogP contribution in [0.5, 0.6) is 0 Å². The third-order valence-corrected chi connectivity index (χ3v) is 5.78. The van der Waals surface area contributed by atoms with Crippen LogP contribution in [0.2, 0.25) is 0 Å². The Hall–Kier alpha value is -3.32. The minimum Gasteiger partial charge on any atom is -0.342 e. The van der Waals surface area contributed by atoms with Gasteiger partial charge in [-0.25, -0.2) is 4.98 Å². The molecule has 3 rings (SSSR count). The van der Waals surface area contributed by atoms with E-state index in [0.29, 0.717) is 21.3 Å². The van der Waals surface area contributed by atoms with Gasteiger partial charge >= 0.3 is 0 Å². The van der Waals surface area contributed by atoms with E-state index in [9.17, 15) is 14.4 Å². The number of thiazole rings is 1. The van der Waals surface area contributed by atoms with Crippen molar-refractivity contribution in [3.63, 3.8) is 0 Å². The van der Waals surface area contributed by atoms with Gasteiger partial charge < -0.3 is 5.32 Å². The van der Waals surface area contributed by atoms with Gasteiger partial charge in [-0.05, 0) is 13.8 Å². The van der Waals surface area contributed by atoms with E-state index in [1.54, 1.807) is 58.9 Å². The van der Waals surface area contributed by atoms with Gasteiger partial charge in [-0.1, -0.05) is 92.8 Å². The van der Waals surface area contributed by atoms with Gasteiger partial charge in [0.1, 0.15) is 10.4 Å². The predicted octanol–water partition coefficient (Wildman–Crippen LogP) is 4.92. The fourth-order valence-electron chi connectivity index (χ4n) is 2.82. The SMILES string of the molecule is CC(C)(C)C(=O)NC(C)(C)C(=O)Nc1nc(-c2ccccc2)c(C(=O)c2ccccc2)s1. The Morgan fingerprint density at radius 3 is 1.94 bits per heavy atom. The lowest BCUT2D eigenvalue weighted by atomic mass is 9.93. The number of ketones is 1. The summed E-state index contributed by atoms with van der Waals surface area (Å²) in [4.78, 5) is 43.5. The molecule has 2 N–H and O–H groups in total. The molecule has 2 aromatic carbocycles. The smallest absolute Gasteiger partial charge is 0.251 e. The maximum atomic E-state index is 13.2. The molecule has 6 nitrogen and oxygen atoms in total. The number of carbonyl (C=O) groups is 3. The molecule has 0 unspecified atom stereocenters. The minimum atomic E-state index is -1.16. The second kappa shape index (κ2) is 9.04. The van der Waals surface area contributed by atoms with Gasteiger partial charge in [-0.15, -0.1) is 0 Å². The number of rotatable bonds is 6. The normalized spacial score (nSPS) is 11.7. The lowest BCUT2D eigenvalue weighted by molar-refractivity contribution is -0.134. The maximum Gasteiger partial charge on any atom is 0.251 e. The lowest BCUT2D eigenvalue weighted by Gasteiger charge is -2.28. The second-order valence-electron chi connectivity index (χ2n) is 9.04. The van der Waals surface area contributed by atoms with Gasteiger partial charge in [-0.2, -0.15) is 0 Å². The molecular weight excluding hydrogens is 422 g/mol. The average molecular weight is 450 g/mol. The van der Waals surface area contributed by atoms with Crippen molar-refractivity contribution in [3.8, 4) is 11.3 Å². The van der Waals surface area contributed by atoms with E-state index in [1.165, 1.54) is 0 Å². The molecule has 3 aromatic rings. The van der Waals surface area contributed by atoms with Crippen LogP contribution in [0, 0.1) is 5.41 Å². The number of anilines is 1. The molecule has 1 heterocycles. The summed E-state index contributed by atoms with van der Waals surface area (Å²) in [6.45, 7) is 8.61. The molecule has 0 radical (unpaired) electrons. The first-order chi connectivity index (χ1) is 15.0. The van der Waals surface area contributed by atoms with Gasteiger partial charge in [0, 0.05) is 16.5 Å². The molecule has 166 valence electrons. The second-order valence-corrected chi connectivity index (χ2v) is 10.0. The van der Waals surface area contributed by atoms with Crippen molar-refractivity contribution in [1.29, 1.82) is 0 Å². The van der Waals surface area contributed by atoms with Crippen LogP contribution in [0.4, 0.5) is 5.13 Å². The molecule has 0 aliphatic heterocycles. The fourth-order valence-corrected chi connectivity index (χ4v) is 3.77. The van der Waals surface area contributed by atoms with E-state index in [4.69, 9.17) is 0 Å². The van der Waals surface area contributed by atoms with Crippen LogP contribution in [0.15, 0.2) is 60.7 Å². The Balaban J connectivity index is 1.93. The molecule has 0 aliphatic rings. The Labute approximate surface area is 192 Å². The highest BCUT2D eigenvalue weighted by Crippen LogP contribution is 2.33. The van der Waals surface area contributed by atoms with Crippen LogP contribution >= 0.6 is 11.3 Å². The van der Waals surface area contributed by atoms with Crippen LogP contribution in [-0.4, -0.2) is 28.1 Å². The van der Waals surface area contributed by atoms with Crippen molar-refractivity contribution in [1.82, 2.24) is 10.3 Å². The number of carbonyl (C=O) groups excluding carboxylic acids is 3.